The number of rotatable bonds is 11. The molecule has 7 heteroatoms. The minimum absolute atomic E-state index is 0. The average molecular weight is 465 g/mol. The third-order valence-electron chi connectivity index (χ3n) is 3.44. The Balaban J connectivity index is 0.00000576. The molecule has 0 spiro atoms. The first-order valence-electron chi connectivity index (χ1n) is 8.41. The number of methoxy groups -OCH3 is 2. The Hall–Kier alpha value is -1.06. The van der Waals surface area contributed by atoms with Crippen molar-refractivity contribution in [1.82, 2.24) is 10.2 Å². The maximum Gasteiger partial charge on any atom is 0.193 e. The maximum absolute atomic E-state index is 5.46. The summed E-state index contributed by atoms with van der Waals surface area (Å²) in [6, 6.07) is 8.05. The highest BCUT2D eigenvalue weighted by atomic mass is 127. The van der Waals surface area contributed by atoms with E-state index in [2.05, 4.69) is 28.2 Å². The molecule has 0 bridgehead atoms. The van der Waals surface area contributed by atoms with Gasteiger partial charge in [-0.05, 0) is 19.4 Å². The predicted molar refractivity (Wildman–Crippen MR) is 113 cm³/mol. The highest BCUT2D eigenvalue weighted by Crippen LogP contribution is 2.18. The number of nitrogens with one attached hydrogen (secondary N) is 1. The molecule has 25 heavy (non-hydrogen) atoms. The number of guanidine groups is 1. The van der Waals surface area contributed by atoms with E-state index >= 15 is 0 Å². The zero-order valence-electron chi connectivity index (χ0n) is 15.8. The van der Waals surface area contributed by atoms with E-state index in [1.807, 2.05) is 25.2 Å². The van der Waals surface area contributed by atoms with Crippen LogP contribution in [-0.2, 0) is 16.0 Å². The molecular formula is C18H32IN3O3. The number of para-hydroxylation sites is 1. The second kappa shape index (κ2) is 15.2. The molecule has 0 amide bonds. The topological polar surface area (TPSA) is 55.3 Å². The molecular weight excluding hydrogens is 433 g/mol. The van der Waals surface area contributed by atoms with Gasteiger partial charge in [-0.1, -0.05) is 18.2 Å². The lowest BCUT2D eigenvalue weighted by Crippen LogP contribution is -2.38. The molecule has 1 N–H and O–H groups in total. The molecule has 0 aliphatic carbocycles. The highest BCUT2D eigenvalue weighted by Gasteiger charge is 2.09. The van der Waals surface area contributed by atoms with Crippen LogP contribution in [0, 0.1) is 0 Å². The van der Waals surface area contributed by atoms with Crippen molar-refractivity contribution >= 4 is 29.9 Å². The fourth-order valence-corrected chi connectivity index (χ4v) is 2.23. The Morgan fingerprint density at radius 1 is 1.16 bits per heavy atom. The third-order valence-corrected chi connectivity index (χ3v) is 3.44. The van der Waals surface area contributed by atoms with Crippen LogP contribution in [0.5, 0.6) is 5.75 Å². The number of hydrogen-bond acceptors (Lipinski definition) is 4. The van der Waals surface area contributed by atoms with E-state index in [1.165, 1.54) is 0 Å². The van der Waals surface area contributed by atoms with Crippen LogP contribution in [0.2, 0.25) is 0 Å². The van der Waals surface area contributed by atoms with Crippen LogP contribution in [0.4, 0.5) is 0 Å². The molecule has 0 unspecified atom stereocenters. The van der Waals surface area contributed by atoms with Gasteiger partial charge in [-0.2, -0.15) is 0 Å². The first-order chi connectivity index (χ1) is 11.7. The van der Waals surface area contributed by atoms with Gasteiger partial charge in [-0.25, -0.2) is 0 Å². The lowest BCUT2D eigenvalue weighted by atomic mass is 10.2. The fraction of sp³-hybridized carbons (Fsp3) is 0.611. The van der Waals surface area contributed by atoms with Gasteiger partial charge in [-0.15, -0.1) is 24.0 Å². The molecule has 0 heterocycles. The number of aliphatic imine (C=N–C) groups is 1. The first-order valence-corrected chi connectivity index (χ1v) is 8.41. The van der Waals surface area contributed by atoms with E-state index in [4.69, 9.17) is 14.2 Å². The van der Waals surface area contributed by atoms with Crippen molar-refractivity contribution < 1.29 is 14.2 Å². The van der Waals surface area contributed by atoms with E-state index in [0.717, 1.165) is 43.3 Å². The van der Waals surface area contributed by atoms with Gasteiger partial charge in [0.05, 0.1) is 20.3 Å². The van der Waals surface area contributed by atoms with Crippen molar-refractivity contribution in [3.8, 4) is 5.75 Å². The Bertz CT molecular complexity index is 486. The van der Waals surface area contributed by atoms with Gasteiger partial charge >= 0.3 is 0 Å². The standard InChI is InChI=1S/C18H31N3O3.HI/c1-5-19-18(20-11-8-12-24-14-13-22-3)21(2)15-16-9-6-7-10-17(16)23-4;/h6-7,9-10H,5,8,11-15H2,1-4H3,(H,19,20);1H. The van der Waals surface area contributed by atoms with Crippen molar-refractivity contribution in [3.63, 3.8) is 0 Å². The summed E-state index contributed by atoms with van der Waals surface area (Å²) in [6.07, 6.45) is 0.890. The monoisotopic (exact) mass is 465 g/mol. The molecule has 1 rings (SSSR count). The van der Waals surface area contributed by atoms with Crippen LogP contribution >= 0.6 is 24.0 Å². The summed E-state index contributed by atoms with van der Waals surface area (Å²) in [7, 11) is 5.40. The van der Waals surface area contributed by atoms with Crippen LogP contribution < -0.4 is 10.1 Å². The second-order valence-corrected chi connectivity index (χ2v) is 5.36. The van der Waals surface area contributed by atoms with E-state index in [9.17, 15) is 0 Å². The quantitative estimate of drug-likeness (QED) is 0.236. The molecule has 0 radical (unpaired) electrons. The number of hydrogen-bond donors (Lipinski definition) is 1. The van der Waals surface area contributed by atoms with Crippen LogP contribution in [-0.4, -0.2) is 65.0 Å². The summed E-state index contributed by atoms with van der Waals surface area (Å²) in [5, 5.41) is 3.33. The van der Waals surface area contributed by atoms with Crippen molar-refractivity contribution in [1.29, 1.82) is 0 Å². The highest BCUT2D eigenvalue weighted by molar-refractivity contribution is 14.0. The smallest absolute Gasteiger partial charge is 0.193 e. The Morgan fingerprint density at radius 3 is 2.60 bits per heavy atom. The molecule has 0 saturated carbocycles. The summed E-state index contributed by atoms with van der Waals surface area (Å²) < 4.78 is 15.8. The molecule has 0 aliphatic heterocycles. The van der Waals surface area contributed by atoms with Gasteiger partial charge < -0.3 is 24.4 Å². The molecule has 0 fully saturated rings. The van der Waals surface area contributed by atoms with Crippen LogP contribution in [0.25, 0.3) is 0 Å². The van der Waals surface area contributed by atoms with Gasteiger partial charge in [0.2, 0.25) is 0 Å². The number of halogens is 1. The summed E-state index contributed by atoms with van der Waals surface area (Å²) in [5.41, 5.74) is 1.14. The van der Waals surface area contributed by atoms with Crippen LogP contribution in [0.3, 0.4) is 0 Å². The normalized spacial score (nSPS) is 11.0. The van der Waals surface area contributed by atoms with Crippen molar-refractivity contribution in [2.75, 3.05) is 54.2 Å². The van der Waals surface area contributed by atoms with Crippen molar-refractivity contribution in [2.45, 2.75) is 19.9 Å². The predicted octanol–water partition coefficient (Wildman–Crippen LogP) is 2.76. The summed E-state index contributed by atoms with van der Waals surface area (Å²) in [4.78, 5) is 6.77. The SMILES string of the molecule is CCNC(=NCCCOCCOC)N(C)Cc1ccccc1OC.I. The van der Waals surface area contributed by atoms with Crippen LogP contribution in [0.1, 0.15) is 18.9 Å². The number of benzene rings is 1. The number of ether oxygens (including phenoxy) is 3. The van der Waals surface area contributed by atoms with Crippen molar-refractivity contribution in [2.24, 2.45) is 4.99 Å². The second-order valence-electron chi connectivity index (χ2n) is 5.36. The maximum atomic E-state index is 5.46. The minimum Gasteiger partial charge on any atom is -0.496 e. The largest absolute Gasteiger partial charge is 0.496 e. The molecule has 1 aromatic carbocycles. The summed E-state index contributed by atoms with van der Waals surface area (Å²) in [5.74, 6) is 1.78. The molecule has 0 saturated heterocycles. The minimum atomic E-state index is 0. The molecule has 0 aliphatic rings. The Morgan fingerprint density at radius 2 is 1.92 bits per heavy atom. The van der Waals surface area contributed by atoms with Gasteiger partial charge in [0.15, 0.2) is 5.96 Å². The van der Waals surface area contributed by atoms with E-state index < -0.39 is 0 Å². The molecule has 6 nitrogen and oxygen atoms in total. The molecule has 0 atom stereocenters. The zero-order chi connectivity index (χ0) is 17.6. The summed E-state index contributed by atoms with van der Waals surface area (Å²) in [6.45, 7) is 6.33. The van der Waals surface area contributed by atoms with E-state index in [-0.39, 0.29) is 24.0 Å². The fourth-order valence-electron chi connectivity index (χ4n) is 2.23. The lowest BCUT2D eigenvalue weighted by molar-refractivity contribution is 0.0702. The Labute approximate surface area is 169 Å². The Kier molecular flexibility index (Phi) is 14.6. The van der Waals surface area contributed by atoms with Crippen molar-refractivity contribution in [3.05, 3.63) is 29.8 Å². The molecule has 0 aromatic heterocycles. The number of nitrogens with zero attached hydrogens (tertiary/aromatic N) is 2. The van der Waals surface area contributed by atoms with Gasteiger partial charge in [-0.3, -0.25) is 4.99 Å². The lowest BCUT2D eigenvalue weighted by Gasteiger charge is -2.23. The zero-order valence-corrected chi connectivity index (χ0v) is 18.1. The van der Waals surface area contributed by atoms with E-state index in [1.54, 1.807) is 14.2 Å². The van der Waals surface area contributed by atoms with Crippen LogP contribution in [0.15, 0.2) is 29.3 Å². The van der Waals surface area contributed by atoms with Gasteiger partial charge in [0, 0.05) is 46.0 Å². The third kappa shape index (κ3) is 9.86. The van der Waals surface area contributed by atoms with Gasteiger partial charge in [0.1, 0.15) is 5.75 Å². The average Bonchev–Trinajstić information content (AvgIpc) is 2.60. The summed E-state index contributed by atoms with van der Waals surface area (Å²) >= 11 is 0. The molecule has 144 valence electrons. The first kappa shape index (κ1) is 23.9. The molecule has 1 aromatic rings. The van der Waals surface area contributed by atoms with E-state index in [0.29, 0.717) is 19.8 Å². The van der Waals surface area contributed by atoms with Gasteiger partial charge in [0.25, 0.3) is 0 Å².